The van der Waals surface area contributed by atoms with E-state index in [1.54, 1.807) is 30.3 Å². The Balaban J connectivity index is 2.56. The fourth-order valence-corrected chi connectivity index (χ4v) is 2.93. The van der Waals surface area contributed by atoms with Crippen LogP contribution in [0.25, 0.3) is 0 Å². The molecule has 2 aromatic rings. The van der Waals surface area contributed by atoms with Gasteiger partial charge in [0.1, 0.15) is 11.5 Å². The molecule has 0 aromatic heterocycles. The fraction of sp³-hybridized carbons (Fsp3) is 0.133. The minimum absolute atomic E-state index is 0.189. The lowest BCUT2D eigenvalue weighted by Gasteiger charge is -2.12. The Kier molecular flexibility index (Phi) is 4.90. The van der Waals surface area contributed by atoms with Crippen LogP contribution in [0.5, 0.6) is 11.5 Å². The minimum atomic E-state index is -0.189. The first kappa shape index (κ1) is 15.9. The molecule has 0 aliphatic rings. The third-order valence-corrected chi connectivity index (χ3v) is 3.98. The van der Waals surface area contributed by atoms with Crippen molar-refractivity contribution in [2.75, 3.05) is 20.0 Å². The molecule has 2 aromatic carbocycles. The van der Waals surface area contributed by atoms with Gasteiger partial charge in [0, 0.05) is 15.7 Å². The number of anilines is 1. The van der Waals surface area contributed by atoms with E-state index in [0.29, 0.717) is 32.8 Å². The van der Waals surface area contributed by atoms with Gasteiger partial charge in [0.05, 0.1) is 24.3 Å². The van der Waals surface area contributed by atoms with Crippen LogP contribution in [0.4, 0.5) is 5.69 Å². The maximum Gasteiger partial charge on any atom is 0.197 e. The average molecular weight is 415 g/mol. The first-order valence-electron chi connectivity index (χ1n) is 5.98. The molecule has 2 rings (SSSR count). The van der Waals surface area contributed by atoms with Gasteiger partial charge in [-0.15, -0.1) is 0 Å². The first-order valence-corrected chi connectivity index (χ1v) is 7.57. The molecule has 6 heteroatoms. The Labute approximate surface area is 139 Å². The van der Waals surface area contributed by atoms with Crippen molar-refractivity contribution >= 4 is 43.3 Å². The number of ether oxygens (including phenoxy) is 2. The molecule has 0 saturated heterocycles. The predicted octanol–water partition coefficient (Wildman–Crippen LogP) is 4.04. The van der Waals surface area contributed by atoms with E-state index >= 15 is 0 Å². The second kappa shape index (κ2) is 6.49. The lowest BCUT2D eigenvalue weighted by Crippen LogP contribution is -2.06. The third kappa shape index (κ3) is 3.39. The van der Waals surface area contributed by atoms with E-state index in [4.69, 9.17) is 15.2 Å². The van der Waals surface area contributed by atoms with Crippen LogP contribution in [0.15, 0.2) is 39.3 Å². The topological polar surface area (TPSA) is 61.5 Å². The van der Waals surface area contributed by atoms with Crippen molar-refractivity contribution in [2.24, 2.45) is 0 Å². The molecule has 2 N–H and O–H groups in total. The van der Waals surface area contributed by atoms with Crippen molar-refractivity contribution in [3.05, 3.63) is 50.4 Å². The number of ketones is 1. The van der Waals surface area contributed by atoms with Crippen LogP contribution < -0.4 is 15.2 Å². The average Bonchev–Trinajstić information content (AvgIpc) is 2.45. The van der Waals surface area contributed by atoms with Crippen molar-refractivity contribution in [1.82, 2.24) is 0 Å². The minimum Gasteiger partial charge on any atom is -0.496 e. The Morgan fingerprint density at radius 3 is 2.24 bits per heavy atom. The fourth-order valence-electron chi connectivity index (χ4n) is 1.94. The Morgan fingerprint density at radius 2 is 1.67 bits per heavy atom. The van der Waals surface area contributed by atoms with E-state index in [1.165, 1.54) is 14.2 Å². The molecule has 0 amide bonds. The first-order chi connectivity index (χ1) is 9.96. The normalized spacial score (nSPS) is 10.3. The number of hydrogen-bond donors (Lipinski definition) is 1. The van der Waals surface area contributed by atoms with Gasteiger partial charge in [-0.05, 0) is 46.3 Å². The van der Waals surface area contributed by atoms with E-state index in [-0.39, 0.29) is 5.78 Å². The highest BCUT2D eigenvalue weighted by Crippen LogP contribution is 2.34. The van der Waals surface area contributed by atoms with E-state index in [9.17, 15) is 4.79 Å². The number of hydrogen-bond acceptors (Lipinski definition) is 4. The van der Waals surface area contributed by atoms with Crippen molar-refractivity contribution in [3.63, 3.8) is 0 Å². The number of halogens is 2. The monoisotopic (exact) mass is 413 g/mol. The molecule has 0 spiro atoms. The summed E-state index contributed by atoms with van der Waals surface area (Å²) in [7, 11) is 3.05. The summed E-state index contributed by atoms with van der Waals surface area (Å²) < 4.78 is 12.0. The smallest absolute Gasteiger partial charge is 0.197 e. The van der Waals surface area contributed by atoms with E-state index in [0.717, 1.165) is 4.47 Å². The number of nitrogen functional groups attached to an aromatic ring is 1. The summed E-state index contributed by atoms with van der Waals surface area (Å²) in [5, 5.41) is 0. The van der Waals surface area contributed by atoms with Crippen LogP contribution in [0.3, 0.4) is 0 Å². The number of carbonyl (C=O) groups is 1. The van der Waals surface area contributed by atoms with Crippen LogP contribution in [0.1, 0.15) is 15.9 Å². The molecule has 0 unspecified atom stereocenters. The summed E-state index contributed by atoms with van der Waals surface area (Å²) in [6.45, 7) is 0. The van der Waals surface area contributed by atoms with Gasteiger partial charge in [0.2, 0.25) is 0 Å². The van der Waals surface area contributed by atoms with Gasteiger partial charge in [-0.2, -0.15) is 0 Å². The predicted molar refractivity (Wildman–Crippen MR) is 89.2 cm³/mol. The van der Waals surface area contributed by atoms with Gasteiger partial charge < -0.3 is 15.2 Å². The zero-order valence-corrected chi connectivity index (χ0v) is 14.6. The molecule has 0 aliphatic heterocycles. The molecular formula is C15H13Br2NO3. The van der Waals surface area contributed by atoms with Gasteiger partial charge in [0.15, 0.2) is 5.78 Å². The van der Waals surface area contributed by atoms with Crippen molar-refractivity contribution in [3.8, 4) is 11.5 Å². The Bertz CT molecular complexity index is 681. The molecule has 0 radical (unpaired) electrons. The standard InChI is InChI=1S/C15H13Br2NO3/c1-20-13-7-12(17)14(21-2)6-11(13)15(19)8-3-9(16)5-10(18)4-8/h3-7H,18H2,1-2H3. The second-order valence-electron chi connectivity index (χ2n) is 4.29. The van der Waals surface area contributed by atoms with Crippen LogP contribution in [0, 0.1) is 0 Å². The molecule has 0 atom stereocenters. The van der Waals surface area contributed by atoms with Crippen LogP contribution in [-0.2, 0) is 0 Å². The number of rotatable bonds is 4. The van der Waals surface area contributed by atoms with Gasteiger partial charge in [0.25, 0.3) is 0 Å². The maximum atomic E-state index is 12.7. The highest BCUT2D eigenvalue weighted by molar-refractivity contribution is 9.10. The van der Waals surface area contributed by atoms with Crippen LogP contribution >= 0.6 is 31.9 Å². The summed E-state index contributed by atoms with van der Waals surface area (Å²) in [4.78, 5) is 12.7. The summed E-state index contributed by atoms with van der Waals surface area (Å²) in [5.74, 6) is 0.832. The SMILES string of the molecule is COc1cc(C(=O)c2cc(N)cc(Br)c2)c(OC)cc1Br. The molecule has 0 saturated carbocycles. The Hall–Kier alpha value is -1.53. The molecule has 4 nitrogen and oxygen atoms in total. The summed E-state index contributed by atoms with van der Waals surface area (Å²) in [6, 6.07) is 8.42. The zero-order chi connectivity index (χ0) is 15.6. The lowest BCUT2D eigenvalue weighted by molar-refractivity contribution is 0.103. The van der Waals surface area contributed by atoms with Gasteiger partial charge >= 0.3 is 0 Å². The molecule has 0 aliphatic carbocycles. The van der Waals surface area contributed by atoms with Crippen molar-refractivity contribution in [2.45, 2.75) is 0 Å². The maximum absolute atomic E-state index is 12.7. The van der Waals surface area contributed by atoms with E-state index < -0.39 is 0 Å². The quantitative estimate of drug-likeness (QED) is 0.605. The molecular weight excluding hydrogens is 402 g/mol. The van der Waals surface area contributed by atoms with Crippen molar-refractivity contribution in [1.29, 1.82) is 0 Å². The third-order valence-electron chi connectivity index (χ3n) is 2.90. The summed E-state index contributed by atoms with van der Waals surface area (Å²) in [5.41, 5.74) is 7.18. The van der Waals surface area contributed by atoms with Gasteiger partial charge in [-0.25, -0.2) is 0 Å². The number of benzene rings is 2. The highest BCUT2D eigenvalue weighted by Gasteiger charge is 2.18. The van der Waals surface area contributed by atoms with E-state index in [1.807, 2.05) is 0 Å². The second-order valence-corrected chi connectivity index (χ2v) is 6.06. The number of carbonyl (C=O) groups excluding carboxylic acids is 1. The number of nitrogens with two attached hydrogens (primary N) is 1. The van der Waals surface area contributed by atoms with Gasteiger partial charge in [-0.1, -0.05) is 15.9 Å². The van der Waals surface area contributed by atoms with Gasteiger partial charge in [-0.3, -0.25) is 4.79 Å². The highest BCUT2D eigenvalue weighted by atomic mass is 79.9. The van der Waals surface area contributed by atoms with E-state index in [2.05, 4.69) is 31.9 Å². The van der Waals surface area contributed by atoms with Crippen LogP contribution in [-0.4, -0.2) is 20.0 Å². The largest absolute Gasteiger partial charge is 0.496 e. The number of methoxy groups -OCH3 is 2. The molecule has 0 fully saturated rings. The lowest BCUT2D eigenvalue weighted by atomic mass is 10.0. The zero-order valence-electron chi connectivity index (χ0n) is 11.4. The summed E-state index contributed by atoms with van der Waals surface area (Å²) in [6.07, 6.45) is 0. The molecule has 110 valence electrons. The Morgan fingerprint density at radius 1 is 1.00 bits per heavy atom. The molecule has 0 heterocycles. The molecule has 21 heavy (non-hydrogen) atoms. The van der Waals surface area contributed by atoms with Crippen molar-refractivity contribution < 1.29 is 14.3 Å². The summed E-state index contributed by atoms with van der Waals surface area (Å²) >= 11 is 6.70. The molecule has 0 bridgehead atoms. The van der Waals surface area contributed by atoms with Crippen LogP contribution in [0.2, 0.25) is 0 Å².